The van der Waals surface area contributed by atoms with Gasteiger partial charge in [0.15, 0.2) is 0 Å². The van der Waals surface area contributed by atoms with Gasteiger partial charge >= 0.3 is 6.18 Å². The van der Waals surface area contributed by atoms with Crippen molar-refractivity contribution in [3.05, 3.63) is 58.2 Å². The molecule has 2 aliphatic heterocycles. The monoisotopic (exact) mass is 554 g/mol. The van der Waals surface area contributed by atoms with E-state index in [0.717, 1.165) is 75.7 Å². The standard InChI is InChI=1S/C30H49F3N4S/c1-5-14-29-28(16-17-30(31,32)33)37(27(4)15-9-8-12-26-38-29)21-13-20-36-24-22-35(23-25-36)19-11-10-18-34(6-2)7-3/h5,12,14-17,26H,6-11,13,18-25H2,1-4H3/b14-5-,17-16+,26-12+,27-15+,29-28-. The molecular formula is C30H49F3N4S. The van der Waals surface area contributed by atoms with Crippen LogP contribution in [0.1, 0.15) is 59.8 Å². The molecule has 38 heavy (non-hydrogen) atoms. The zero-order valence-electron chi connectivity index (χ0n) is 24.0. The van der Waals surface area contributed by atoms with E-state index in [1.807, 2.05) is 31.4 Å². The molecule has 2 rings (SSSR count). The summed E-state index contributed by atoms with van der Waals surface area (Å²) in [5.41, 5.74) is 1.62. The van der Waals surface area contributed by atoms with Crippen molar-refractivity contribution in [3.8, 4) is 0 Å². The lowest BCUT2D eigenvalue weighted by Gasteiger charge is -2.35. The Bertz CT molecular complexity index is 820. The van der Waals surface area contributed by atoms with Crippen LogP contribution in [0.2, 0.25) is 0 Å². The van der Waals surface area contributed by atoms with Gasteiger partial charge in [-0.05, 0) is 90.2 Å². The molecule has 0 unspecified atom stereocenters. The smallest absolute Gasteiger partial charge is 0.345 e. The molecule has 0 spiro atoms. The highest BCUT2D eigenvalue weighted by Crippen LogP contribution is 2.31. The van der Waals surface area contributed by atoms with Crippen LogP contribution < -0.4 is 0 Å². The summed E-state index contributed by atoms with van der Waals surface area (Å²) >= 11 is 1.49. The first-order valence-corrected chi connectivity index (χ1v) is 15.2. The summed E-state index contributed by atoms with van der Waals surface area (Å²) in [5, 5.41) is 1.99. The Kier molecular flexibility index (Phi) is 15.5. The average Bonchev–Trinajstić information content (AvgIpc) is 2.89. The number of thioether (sulfide) groups is 1. The fourth-order valence-corrected chi connectivity index (χ4v) is 5.78. The molecule has 0 aromatic rings. The zero-order chi connectivity index (χ0) is 27.8. The fourth-order valence-electron chi connectivity index (χ4n) is 4.89. The highest BCUT2D eigenvalue weighted by Gasteiger charge is 2.24. The maximum Gasteiger partial charge on any atom is 0.409 e. The van der Waals surface area contributed by atoms with Gasteiger partial charge in [0.25, 0.3) is 0 Å². The zero-order valence-corrected chi connectivity index (χ0v) is 24.8. The summed E-state index contributed by atoms with van der Waals surface area (Å²) in [7, 11) is 0. The molecule has 0 bridgehead atoms. The molecule has 0 aliphatic carbocycles. The predicted octanol–water partition coefficient (Wildman–Crippen LogP) is 7.27. The van der Waals surface area contributed by atoms with E-state index in [1.54, 1.807) is 0 Å². The van der Waals surface area contributed by atoms with E-state index in [-0.39, 0.29) is 0 Å². The molecule has 8 heteroatoms. The van der Waals surface area contributed by atoms with Crippen LogP contribution in [-0.2, 0) is 0 Å². The first-order chi connectivity index (χ1) is 18.3. The number of hydrogen-bond donors (Lipinski definition) is 0. The lowest BCUT2D eigenvalue weighted by atomic mass is 10.2. The first kappa shape index (κ1) is 32.7. The van der Waals surface area contributed by atoms with Crippen LogP contribution >= 0.6 is 11.8 Å². The quantitative estimate of drug-likeness (QED) is 0.221. The van der Waals surface area contributed by atoms with Crippen molar-refractivity contribution in [3.63, 3.8) is 0 Å². The van der Waals surface area contributed by atoms with Crippen LogP contribution in [0.5, 0.6) is 0 Å². The van der Waals surface area contributed by atoms with Crippen LogP contribution in [0.15, 0.2) is 58.2 Å². The van der Waals surface area contributed by atoms with E-state index >= 15 is 0 Å². The third-order valence-corrected chi connectivity index (χ3v) is 8.12. The predicted molar refractivity (Wildman–Crippen MR) is 158 cm³/mol. The normalized spacial score (nSPS) is 23.5. The van der Waals surface area contributed by atoms with Gasteiger partial charge in [-0.25, -0.2) is 0 Å². The van der Waals surface area contributed by atoms with Crippen LogP contribution in [0, 0.1) is 0 Å². The Morgan fingerprint density at radius 1 is 0.921 bits per heavy atom. The topological polar surface area (TPSA) is 13.0 Å². The molecule has 0 saturated carbocycles. The lowest BCUT2D eigenvalue weighted by Crippen LogP contribution is -2.47. The van der Waals surface area contributed by atoms with E-state index in [0.29, 0.717) is 18.3 Å². The third kappa shape index (κ3) is 12.6. The van der Waals surface area contributed by atoms with Gasteiger partial charge in [0, 0.05) is 49.4 Å². The first-order valence-electron chi connectivity index (χ1n) is 14.3. The van der Waals surface area contributed by atoms with Crippen LogP contribution in [-0.4, -0.2) is 91.2 Å². The molecule has 2 aliphatic rings. The van der Waals surface area contributed by atoms with E-state index in [1.165, 1.54) is 43.8 Å². The molecule has 0 atom stereocenters. The van der Waals surface area contributed by atoms with Crippen molar-refractivity contribution >= 4 is 11.8 Å². The number of piperazine rings is 1. The van der Waals surface area contributed by atoms with Crippen LogP contribution in [0.25, 0.3) is 0 Å². The summed E-state index contributed by atoms with van der Waals surface area (Å²) in [5.74, 6) is 0. The molecule has 2 heterocycles. The minimum atomic E-state index is -4.35. The highest BCUT2D eigenvalue weighted by atomic mass is 32.2. The minimum Gasteiger partial charge on any atom is -0.345 e. The van der Waals surface area contributed by atoms with Crippen LogP contribution in [0.4, 0.5) is 13.2 Å². The van der Waals surface area contributed by atoms with E-state index in [4.69, 9.17) is 0 Å². The Labute approximate surface area is 234 Å². The van der Waals surface area contributed by atoms with Gasteiger partial charge in [-0.3, -0.25) is 0 Å². The molecular weight excluding hydrogens is 505 g/mol. The number of hydrogen-bond acceptors (Lipinski definition) is 5. The Hall–Kier alpha value is -1.48. The number of rotatable bonds is 13. The van der Waals surface area contributed by atoms with Crippen molar-refractivity contribution in [2.24, 2.45) is 0 Å². The number of nitrogens with zero attached hydrogens (tertiary/aromatic N) is 4. The van der Waals surface area contributed by atoms with Crippen molar-refractivity contribution in [1.29, 1.82) is 0 Å². The van der Waals surface area contributed by atoms with E-state index in [9.17, 15) is 13.2 Å². The van der Waals surface area contributed by atoms with Crippen molar-refractivity contribution in [2.45, 2.75) is 66.0 Å². The molecule has 4 nitrogen and oxygen atoms in total. The second-order valence-electron chi connectivity index (χ2n) is 9.96. The highest BCUT2D eigenvalue weighted by molar-refractivity contribution is 8.06. The summed E-state index contributed by atoms with van der Waals surface area (Å²) in [6.45, 7) is 19.0. The van der Waals surface area contributed by atoms with Gasteiger partial charge in [-0.2, -0.15) is 13.2 Å². The largest absolute Gasteiger partial charge is 0.409 e. The van der Waals surface area contributed by atoms with E-state index < -0.39 is 6.18 Å². The number of alkyl halides is 3. The SMILES string of the molecule is C\C=C/C1=C(\C=C\C(F)(F)F)N(CCCN2CCN(CCCCN(CC)CC)CC2)/C(C)=C/CC/C=C/S1. The average molecular weight is 555 g/mol. The van der Waals surface area contributed by atoms with Crippen molar-refractivity contribution in [1.82, 2.24) is 19.6 Å². The number of allylic oxidation sites excluding steroid dienone is 7. The fraction of sp³-hybridized carbons (Fsp3) is 0.667. The maximum absolute atomic E-state index is 13.2. The number of unbranched alkanes of at least 4 members (excludes halogenated alkanes) is 1. The molecule has 216 valence electrons. The minimum absolute atomic E-state index is 0.364. The van der Waals surface area contributed by atoms with Gasteiger partial charge in [0.2, 0.25) is 0 Å². The maximum atomic E-state index is 13.2. The molecule has 0 N–H and O–H groups in total. The molecule has 1 fully saturated rings. The summed E-state index contributed by atoms with van der Waals surface area (Å²) < 4.78 is 39.5. The van der Waals surface area contributed by atoms with Crippen molar-refractivity contribution in [2.75, 3.05) is 65.4 Å². The molecule has 0 aromatic heterocycles. The number of halogens is 3. The van der Waals surface area contributed by atoms with Gasteiger partial charge in [0.05, 0.1) is 5.70 Å². The molecule has 0 amide bonds. The van der Waals surface area contributed by atoms with E-state index in [2.05, 4.69) is 45.6 Å². The van der Waals surface area contributed by atoms with Crippen molar-refractivity contribution < 1.29 is 13.2 Å². The summed E-state index contributed by atoms with van der Waals surface area (Å²) in [6, 6.07) is 0. The van der Waals surface area contributed by atoms with Gasteiger partial charge in [-0.15, -0.1) is 0 Å². The Morgan fingerprint density at radius 3 is 2.18 bits per heavy atom. The van der Waals surface area contributed by atoms with Crippen LogP contribution in [0.3, 0.4) is 0 Å². The Morgan fingerprint density at radius 2 is 1.58 bits per heavy atom. The summed E-state index contributed by atoms with van der Waals surface area (Å²) in [4.78, 5) is 10.5. The summed E-state index contributed by atoms with van der Waals surface area (Å²) in [6.07, 6.45) is 10.5. The molecule has 0 radical (unpaired) electrons. The molecule has 1 saturated heterocycles. The molecule has 0 aromatic carbocycles. The van der Waals surface area contributed by atoms with Gasteiger partial charge in [-0.1, -0.05) is 49.9 Å². The third-order valence-electron chi connectivity index (χ3n) is 7.20. The second kappa shape index (κ2) is 18.0. The Balaban J connectivity index is 1.96. The lowest BCUT2D eigenvalue weighted by molar-refractivity contribution is -0.0799. The van der Waals surface area contributed by atoms with Gasteiger partial charge < -0.3 is 19.6 Å². The second-order valence-corrected chi connectivity index (χ2v) is 10.9. The van der Waals surface area contributed by atoms with Gasteiger partial charge in [0.1, 0.15) is 0 Å².